The number of carbonyl (C=O) groups is 3. The van der Waals surface area contributed by atoms with Gasteiger partial charge in [0.15, 0.2) is 0 Å². The van der Waals surface area contributed by atoms with Crippen LogP contribution in [0.4, 0.5) is 17.1 Å². The van der Waals surface area contributed by atoms with Gasteiger partial charge in [-0.2, -0.15) is 0 Å². The van der Waals surface area contributed by atoms with Crippen molar-refractivity contribution in [2.75, 3.05) is 15.5 Å². The second kappa shape index (κ2) is 9.56. The number of carbonyl (C=O) groups excluding carboxylic acids is 3. The van der Waals surface area contributed by atoms with Gasteiger partial charge in [0, 0.05) is 11.3 Å². The lowest BCUT2D eigenvalue weighted by Crippen LogP contribution is -2.32. The summed E-state index contributed by atoms with van der Waals surface area (Å²) in [6, 6.07) is 15.0. The van der Waals surface area contributed by atoms with Gasteiger partial charge in [0.25, 0.3) is 17.7 Å². The first kappa shape index (κ1) is 23.9. The molecule has 0 saturated carbocycles. The molecular formula is C23H13Cl4N3O4. The number of hydrogen-bond acceptors (Lipinski definition) is 5. The van der Waals surface area contributed by atoms with E-state index in [1.165, 1.54) is 42.5 Å². The largest absolute Gasteiger partial charge is 0.506 e. The SMILES string of the molecule is O=C(Nc1ccccc1O)c1ccc(NC2=C(Cl)C(=O)N(c3cc(Cl)c(Cl)cc3Cl)C2=O)cc1. The Morgan fingerprint density at radius 3 is 2.15 bits per heavy atom. The minimum absolute atomic E-state index is 0.0391. The van der Waals surface area contributed by atoms with Crippen LogP contribution in [0.25, 0.3) is 0 Å². The van der Waals surface area contributed by atoms with Crippen LogP contribution in [0.2, 0.25) is 15.1 Å². The molecule has 0 atom stereocenters. The van der Waals surface area contributed by atoms with Crippen LogP contribution in [0.15, 0.2) is 71.4 Å². The molecule has 3 amide bonds. The molecule has 1 aliphatic heterocycles. The van der Waals surface area contributed by atoms with E-state index in [2.05, 4.69) is 10.6 Å². The number of benzene rings is 3. The number of nitrogens with one attached hydrogen (secondary N) is 2. The van der Waals surface area contributed by atoms with E-state index in [1.807, 2.05) is 0 Å². The van der Waals surface area contributed by atoms with E-state index in [1.54, 1.807) is 18.2 Å². The van der Waals surface area contributed by atoms with Crippen LogP contribution in [-0.2, 0) is 9.59 Å². The number of phenols is 1. The molecule has 0 spiro atoms. The van der Waals surface area contributed by atoms with E-state index >= 15 is 0 Å². The summed E-state index contributed by atoms with van der Waals surface area (Å²) in [4.78, 5) is 38.9. The van der Waals surface area contributed by atoms with Crippen molar-refractivity contribution in [1.82, 2.24) is 0 Å². The molecule has 34 heavy (non-hydrogen) atoms. The Morgan fingerprint density at radius 1 is 0.824 bits per heavy atom. The van der Waals surface area contributed by atoms with E-state index in [0.717, 1.165) is 4.90 Å². The topological polar surface area (TPSA) is 98.7 Å². The zero-order valence-electron chi connectivity index (χ0n) is 16.9. The van der Waals surface area contributed by atoms with Crippen LogP contribution >= 0.6 is 46.4 Å². The molecule has 0 unspecified atom stereocenters. The molecule has 4 rings (SSSR count). The van der Waals surface area contributed by atoms with Gasteiger partial charge in [-0.3, -0.25) is 14.4 Å². The summed E-state index contributed by atoms with van der Waals surface area (Å²) in [7, 11) is 0. The highest BCUT2D eigenvalue weighted by atomic mass is 35.5. The van der Waals surface area contributed by atoms with Crippen LogP contribution in [0, 0.1) is 0 Å². The molecule has 3 aromatic rings. The number of rotatable bonds is 5. The molecule has 1 aliphatic rings. The summed E-state index contributed by atoms with van der Waals surface area (Å²) in [6.45, 7) is 0. The fourth-order valence-electron chi connectivity index (χ4n) is 3.14. The van der Waals surface area contributed by atoms with Crippen molar-refractivity contribution in [2.45, 2.75) is 0 Å². The lowest BCUT2D eigenvalue weighted by molar-refractivity contribution is -0.120. The maximum atomic E-state index is 13.0. The predicted molar refractivity (Wildman–Crippen MR) is 133 cm³/mol. The molecule has 7 nitrogen and oxygen atoms in total. The number of nitrogens with zero attached hydrogens (tertiary/aromatic N) is 1. The average Bonchev–Trinajstić information content (AvgIpc) is 3.01. The Bertz CT molecular complexity index is 1370. The van der Waals surface area contributed by atoms with Crippen molar-refractivity contribution in [2.24, 2.45) is 0 Å². The van der Waals surface area contributed by atoms with Crippen LogP contribution in [0.3, 0.4) is 0 Å². The smallest absolute Gasteiger partial charge is 0.283 e. The summed E-state index contributed by atoms with van der Waals surface area (Å²) in [6.07, 6.45) is 0. The van der Waals surface area contributed by atoms with Crippen LogP contribution in [0.1, 0.15) is 10.4 Å². The molecule has 3 N–H and O–H groups in total. The fraction of sp³-hybridized carbons (Fsp3) is 0. The highest BCUT2D eigenvalue weighted by Gasteiger charge is 2.40. The van der Waals surface area contributed by atoms with Crippen LogP contribution in [-0.4, -0.2) is 22.8 Å². The standard InChI is InChI=1S/C23H13Cl4N3O4/c24-13-9-15(26)17(10-14(13)25)30-22(33)19(27)20(23(30)34)28-12-7-5-11(6-8-12)21(32)29-16-3-1-2-4-18(16)31/h1-10,28,31H,(H,29,32). The number of hydrogen-bond donors (Lipinski definition) is 3. The third-order valence-electron chi connectivity index (χ3n) is 4.83. The third kappa shape index (κ3) is 4.56. The molecule has 0 aliphatic carbocycles. The Hall–Kier alpha value is -3.23. The number of halogens is 4. The van der Waals surface area contributed by atoms with Gasteiger partial charge in [-0.15, -0.1) is 0 Å². The average molecular weight is 537 g/mol. The van der Waals surface area contributed by atoms with Gasteiger partial charge in [-0.25, -0.2) is 4.90 Å². The lowest BCUT2D eigenvalue weighted by atomic mass is 10.2. The number of amides is 3. The van der Waals surface area contributed by atoms with Gasteiger partial charge in [0.05, 0.1) is 26.4 Å². The number of anilines is 3. The normalized spacial score (nSPS) is 13.5. The van der Waals surface area contributed by atoms with E-state index in [9.17, 15) is 19.5 Å². The summed E-state index contributed by atoms with van der Waals surface area (Å²) >= 11 is 24.2. The maximum Gasteiger partial charge on any atom is 0.283 e. The van der Waals surface area contributed by atoms with Gasteiger partial charge in [-0.1, -0.05) is 58.5 Å². The van der Waals surface area contributed by atoms with Gasteiger partial charge in [0.1, 0.15) is 16.5 Å². The molecule has 0 aromatic heterocycles. The summed E-state index contributed by atoms with van der Waals surface area (Å²) in [5, 5.41) is 15.2. The molecule has 3 aromatic carbocycles. The fourth-order valence-corrected chi connectivity index (χ4v) is 3.97. The molecule has 1 heterocycles. The van der Waals surface area contributed by atoms with E-state index in [-0.39, 0.29) is 42.9 Å². The van der Waals surface area contributed by atoms with Crippen molar-refractivity contribution < 1.29 is 19.5 Å². The van der Waals surface area contributed by atoms with Gasteiger partial charge < -0.3 is 15.7 Å². The Kier molecular flexibility index (Phi) is 6.72. The minimum Gasteiger partial charge on any atom is -0.506 e. The summed E-state index contributed by atoms with van der Waals surface area (Å²) < 4.78 is 0. The molecular weight excluding hydrogens is 524 g/mol. The van der Waals surface area contributed by atoms with Crippen molar-refractivity contribution >= 4 is 81.2 Å². The van der Waals surface area contributed by atoms with E-state index in [0.29, 0.717) is 11.3 Å². The number of imide groups is 1. The Balaban J connectivity index is 1.52. The van der Waals surface area contributed by atoms with Crippen molar-refractivity contribution in [3.63, 3.8) is 0 Å². The Labute approximate surface area is 213 Å². The van der Waals surface area contributed by atoms with Crippen molar-refractivity contribution in [1.29, 1.82) is 0 Å². The zero-order valence-corrected chi connectivity index (χ0v) is 19.9. The highest BCUT2D eigenvalue weighted by molar-refractivity contribution is 6.54. The summed E-state index contributed by atoms with van der Waals surface area (Å²) in [5.74, 6) is -2.03. The minimum atomic E-state index is -0.784. The molecule has 0 fully saturated rings. The van der Waals surface area contributed by atoms with Crippen molar-refractivity contribution in [3.8, 4) is 5.75 Å². The molecule has 11 heteroatoms. The molecule has 0 radical (unpaired) electrons. The molecule has 0 saturated heterocycles. The number of aromatic hydroxyl groups is 1. The highest BCUT2D eigenvalue weighted by Crippen LogP contribution is 2.38. The number of para-hydroxylation sites is 2. The maximum absolute atomic E-state index is 13.0. The monoisotopic (exact) mass is 535 g/mol. The quantitative estimate of drug-likeness (QED) is 0.210. The zero-order chi connectivity index (χ0) is 24.6. The number of phenolic OH excluding ortho intramolecular Hbond substituents is 1. The summed E-state index contributed by atoms with van der Waals surface area (Å²) in [5.41, 5.74) is 0.836. The van der Waals surface area contributed by atoms with E-state index < -0.39 is 17.7 Å². The van der Waals surface area contributed by atoms with Crippen molar-refractivity contribution in [3.05, 3.63) is 92.0 Å². The molecule has 0 bridgehead atoms. The van der Waals surface area contributed by atoms with E-state index in [4.69, 9.17) is 46.4 Å². The first-order valence-corrected chi connectivity index (χ1v) is 11.1. The van der Waals surface area contributed by atoms with Gasteiger partial charge in [-0.05, 0) is 48.5 Å². The second-order valence-corrected chi connectivity index (χ2v) is 8.63. The molecule has 172 valence electrons. The lowest BCUT2D eigenvalue weighted by Gasteiger charge is -2.17. The predicted octanol–water partition coefficient (Wildman–Crippen LogP) is 6.04. The first-order chi connectivity index (χ1) is 16.2. The first-order valence-electron chi connectivity index (χ1n) is 9.57. The Morgan fingerprint density at radius 2 is 1.47 bits per heavy atom. The van der Waals surface area contributed by atoms with Crippen LogP contribution in [0.5, 0.6) is 5.75 Å². The van der Waals surface area contributed by atoms with Gasteiger partial charge >= 0.3 is 0 Å². The second-order valence-electron chi connectivity index (χ2n) is 7.03. The third-order valence-corrected chi connectivity index (χ3v) is 6.20. The van der Waals surface area contributed by atoms with Gasteiger partial charge in [0.2, 0.25) is 0 Å². The van der Waals surface area contributed by atoms with Crippen LogP contribution < -0.4 is 15.5 Å².